The van der Waals surface area contributed by atoms with Gasteiger partial charge in [0.05, 0.1) is 19.6 Å². The van der Waals surface area contributed by atoms with Crippen LogP contribution in [0.1, 0.15) is 20.3 Å². The van der Waals surface area contributed by atoms with E-state index >= 15 is 0 Å². The van der Waals surface area contributed by atoms with Crippen LogP contribution in [0.15, 0.2) is 0 Å². The quantitative estimate of drug-likeness (QED) is 0.559. The standard InChI is InChI=1S/C7H14O3.2C2H6OS/c1-3-9-6-5-7(8)10-4-2;2*1-4(2)3/h3-6H2,1-2H3;2*1-2H3. The summed E-state index contributed by atoms with van der Waals surface area (Å²) in [5.41, 5.74) is 0. The van der Waals surface area contributed by atoms with Crippen LogP contribution in [-0.4, -0.2) is 59.2 Å². The zero-order valence-corrected chi connectivity index (χ0v) is 13.8. The lowest BCUT2D eigenvalue weighted by Gasteiger charge is -2.00. The van der Waals surface area contributed by atoms with Crippen LogP contribution in [0.25, 0.3) is 0 Å². The molecule has 0 aliphatic rings. The van der Waals surface area contributed by atoms with Gasteiger partial charge in [0.2, 0.25) is 0 Å². The summed E-state index contributed by atoms with van der Waals surface area (Å²) in [4.78, 5) is 10.6. The molecule has 112 valence electrons. The van der Waals surface area contributed by atoms with Crippen molar-refractivity contribution in [3.63, 3.8) is 0 Å². The van der Waals surface area contributed by atoms with Gasteiger partial charge in [0.1, 0.15) is 0 Å². The molecule has 0 N–H and O–H groups in total. The molecule has 0 atom stereocenters. The maximum Gasteiger partial charge on any atom is 0.308 e. The van der Waals surface area contributed by atoms with Gasteiger partial charge < -0.3 is 9.47 Å². The molecule has 0 aromatic heterocycles. The Bertz CT molecular complexity index is 211. The van der Waals surface area contributed by atoms with E-state index in [1.807, 2.05) is 6.92 Å². The third kappa shape index (κ3) is 57.1. The molecule has 0 aromatic rings. The second kappa shape index (κ2) is 19.1. The van der Waals surface area contributed by atoms with E-state index in [0.29, 0.717) is 26.2 Å². The van der Waals surface area contributed by atoms with Crippen molar-refractivity contribution in [1.29, 1.82) is 0 Å². The summed E-state index contributed by atoms with van der Waals surface area (Å²) in [6.07, 6.45) is 6.92. The van der Waals surface area contributed by atoms with E-state index in [1.165, 1.54) is 0 Å². The van der Waals surface area contributed by atoms with Crippen molar-refractivity contribution >= 4 is 27.6 Å². The molecule has 0 aromatic carbocycles. The van der Waals surface area contributed by atoms with E-state index < -0.39 is 21.6 Å². The minimum atomic E-state index is -0.611. The zero-order chi connectivity index (χ0) is 15.0. The normalized spacial score (nSPS) is 9.11. The molecule has 0 fully saturated rings. The highest BCUT2D eigenvalue weighted by Crippen LogP contribution is 1.86. The second-order valence-electron chi connectivity index (χ2n) is 3.24. The molecular formula is C11H26O5S2. The van der Waals surface area contributed by atoms with Crippen LogP contribution in [0.5, 0.6) is 0 Å². The fourth-order valence-electron chi connectivity index (χ4n) is 0.533. The van der Waals surface area contributed by atoms with Crippen molar-refractivity contribution in [2.75, 3.05) is 44.8 Å². The van der Waals surface area contributed by atoms with Crippen molar-refractivity contribution in [1.82, 2.24) is 0 Å². The Morgan fingerprint density at radius 3 is 1.61 bits per heavy atom. The van der Waals surface area contributed by atoms with Gasteiger partial charge in [-0.05, 0) is 13.8 Å². The summed E-state index contributed by atoms with van der Waals surface area (Å²) in [5, 5.41) is 0. The van der Waals surface area contributed by atoms with Gasteiger partial charge in [0.15, 0.2) is 0 Å². The Labute approximate surface area is 116 Å². The minimum Gasteiger partial charge on any atom is -0.466 e. The maximum atomic E-state index is 10.6. The van der Waals surface area contributed by atoms with Crippen LogP contribution in [0.2, 0.25) is 0 Å². The summed E-state index contributed by atoms with van der Waals surface area (Å²) in [6.45, 7) is 5.25. The molecule has 7 heteroatoms. The molecule has 0 aliphatic carbocycles. The number of esters is 1. The number of ether oxygens (including phenoxy) is 2. The van der Waals surface area contributed by atoms with Crippen LogP contribution >= 0.6 is 0 Å². The highest BCUT2D eigenvalue weighted by molar-refractivity contribution is 7.83. The number of rotatable bonds is 5. The smallest absolute Gasteiger partial charge is 0.308 e. The third-order valence-electron chi connectivity index (χ3n) is 0.960. The average molecular weight is 302 g/mol. The molecule has 18 heavy (non-hydrogen) atoms. The topological polar surface area (TPSA) is 69.7 Å². The van der Waals surface area contributed by atoms with Gasteiger partial charge in [-0.2, -0.15) is 0 Å². The second-order valence-corrected chi connectivity index (χ2v) is 6.20. The van der Waals surface area contributed by atoms with Gasteiger partial charge in [0, 0.05) is 53.2 Å². The fraction of sp³-hybridized carbons (Fsp3) is 0.909. The molecule has 0 saturated heterocycles. The molecule has 0 aliphatic heterocycles. The van der Waals surface area contributed by atoms with Crippen molar-refractivity contribution < 1.29 is 22.7 Å². The first kappa shape index (κ1) is 22.9. The highest BCUT2D eigenvalue weighted by atomic mass is 32.2. The summed E-state index contributed by atoms with van der Waals surface area (Å²) in [5.74, 6) is -0.184. The van der Waals surface area contributed by atoms with Crippen molar-refractivity contribution in [2.24, 2.45) is 0 Å². The van der Waals surface area contributed by atoms with Gasteiger partial charge in [-0.25, -0.2) is 0 Å². The molecule has 0 spiro atoms. The lowest BCUT2D eigenvalue weighted by Crippen LogP contribution is -2.07. The Balaban J connectivity index is -0.000000233. The summed E-state index contributed by atoms with van der Waals surface area (Å²) in [7, 11) is -1.22. The number of carbonyl (C=O) groups is 1. The van der Waals surface area contributed by atoms with E-state index in [9.17, 15) is 13.2 Å². The first-order chi connectivity index (χ1) is 8.27. The van der Waals surface area contributed by atoms with Gasteiger partial charge in [-0.1, -0.05) is 0 Å². The van der Waals surface area contributed by atoms with Crippen LogP contribution in [-0.2, 0) is 35.9 Å². The van der Waals surface area contributed by atoms with Crippen LogP contribution in [0.3, 0.4) is 0 Å². The number of hydrogen-bond acceptors (Lipinski definition) is 5. The molecule has 0 heterocycles. The van der Waals surface area contributed by atoms with Crippen molar-refractivity contribution in [2.45, 2.75) is 20.3 Å². The van der Waals surface area contributed by atoms with Gasteiger partial charge in [-0.3, -0.25) is 13.2 Å². The maximum absolute atomic E-state index is 10.6. The number of hydrogen-bond donors (Lipinski definition) is 0. The zero-order valence-electron chi connectivity index (χ0n) is 12.2. The van der Waals surface area contributed by atoms with Gasteiger partial charge in [0.25, 0.3) is 0 Å². The Kier molecular flexibility index (Phi) is 24.2. The molecule has 0 saturated carbocycles. The third-order valence-corrected chi connectivity index (χ3v) is 0.960. The Morgan fingerprint density at radius 1 is 0.944 bits per heavy atom. The summed E-state index contributed by atoms with van der Waals surface area (Å²) in [6, 6.07) is 0. The van der Waals surface area contributed by atoms with E-state index in [4.69, 9.17) is 4.74 Å². The van der Waals surface area contributed by atoms with E-state index in [-0.39, 0.29) is 5.97 Å². The lowest BCUT2D eigenvalue weighted by atomic mass is 10.5. The predicted molar refractivity (Wildman–Crippen MR) is 77.7 cm³/mol. The first-order valence-electron chi connectivity index (χ1n) is 5.51. The molecule has 0 amide bonds. The van der Waals surface area contributed by atoms with Crippen LogP contribution in [0, 0.1) is 0 Å². The summed E-state index contributed by atoms with van der Waals surface area (Å²) >= 11 is 0. The first-order valence-corrected chi connectivity index (χ1v) is 9.44. The SMILES string of the molecule is CCOCCC(=O)OCC.CS(C)=O.CS(C)=O. The van der Waals surface area contributed by atoms with Crippen LogP contribution < -0.4 is 0 Å². The fourth-order valence-corrected chi connectivity index (χ4v) is 0.533. The molecule has 5 nitrogen and oxygen atoms in total. The molecule has 0 rings (SSSR count). The van der Waals surface area contributed by atoms with Crippen molar-refractivity contribution in [3.05, 3.63) is 0 Å². The lowest BCUT2D eigenvalue weighted by molar-refractivity contribution is -0.144. The monoisotopic (exact) mass is 302 g/mol. The molecular weight excluding hydrogens is 276 g/mol. The summed E-state index contributed by atoms with van der Waals surface area (Å²) < 4.78 is 28.7. The van der Waals surface area contributed by atoms with Crippen LogP contribution in [0.4, 0.5) is 0 Å². The predicted octanol–water partition coefficient (Wildman–Crippen LogP) is 0.966. The van der Waals surface area contributed by atoms with E-state index in [2.05, 4.69) is 4.74 Å². The largest absolute Gasteiger partial charge is 0.466 e. The molecule has 0 radical (unpaired) electrons. The highest BCUT2D eigenvalue weighted by Gasteiger charge is 1.98. The van der Waals surface area contributed by atoms with Gasteiger partial charge >= 0.3 is 5.97 Å². The minimum absolute atomic E-state index is 0.184. The molecule has 0 bridgehead atoms. The van der Waals surface area contributed by atoms with Crippen molar-refractivity contribution in [3.8, 4) is 0 Å². The number of carbonyl (C=O) groups excluding carboxylic acids is 1. The Hall–Kier alpha value is -0.270. The average Bonchev–Trinajstić information content (AvgIpc) is 2.16. The molecule has 0 unspecified atom stereocenters. The Morgan fingerprint density at radius 2 is 1.33 bits per heavy atom. The van der Waals surface area contributed by atoms with E-state index in [0.717, 1.165) is 0 Å². The van der Waals surface area contributed by atoms with Gasteiger partial charge in [-0.15, -0.1) is 0 Å². The van der Waals surface area contributed by atoms with E-state index in [1.54, 1.807) is 31.9 Å².